The second-order valence-corrected chi connectivity index (χ2v) is 6.06. The van der Waals surface area contributed by atoms with Crippen LogP contribution >= 0.6 is 0 Å². The first-order valence-electron chi connectivity index (χ1n) is 9.25. The summed E-state index contributed by atoms with van der Waals surface area (Å²) in [6, 6.07) is 4.64. The van der Waals surface area contributed by atoms with Crippen molar-refractivity contribution in [3.05, 3.63) is 63.9 Å². The van der Waals surface area contributed by atoms with Gasteiger partial charge in [-0.15, -0.1) is 13.0 Å². The summed E-state index contributed by atoms with van der Waals surface area (Å²) >= 11 is 0. The molecule has 1 amide bonds. The predicted octanol–water partition coefficient (Wildman–Crippen LogP) is -0.910. The number of hydrogen-bond acceptors (Lipinski definition) is 6. The van der Waals surface area contributed by atoms with Crippen molar-refractivity contribution in [2.45, 2.75) is 13.0 Å². The van der Waals surface area contributed by atoms with Crippen molar-refractivity contribution in [2.24, 2.45) is 5.73 Å². The van der Waals surface area contributed by atoms with E-state index in [0.717, 1.165) is 12.1 Å². The molecule has 0 spiro atoms. The Bertz CT molecular complexity index is 956. The van der Waals surface area contributed by atoms with Gasteiger partial charge in [0.25, 0.3) is 5.91 Å². The molecule has 33 heavy (non-hydrogen) atoms. The van der Waals surface area contributed by atoms with Gasteiger partial charge in [0.2, 0.25) is 0 Å². The molecule has 12 heteroatoms. The number of anilines is 2. The number of benzene rings is 2. The number of terminal acetylenes is 1. The minimum atomic E-state index is -1.43. The number of hydrogen-bond donors (Lipinski definition) is 5. The molecule has 0 heterocycles. The van der Waals surface area contributed by atoms with Gasteiger partial charge >= 0.3 is 51.4 Å². The van der Waals surface area contributed by atoms with Crippen LogP contribution in [0.4, 0.5) is 24.5 Å². The van der Waals surface area contributed by atoms with Crippen LogP contribution in [0.3, 0.4) is 0 Å². The number of nitrogens with zero attached hydrogens (tertiary/aromatic N) is 1. The van der Waals surface area contributed by atoms with Crippen LogP contribution in [0.5, 0.6) is 0 Å². The van der Waals surface area contributed by atoms with Gasteiger partial charge in [0.05, 0.1) is 36.8 Å². The summed E-state index contributed by atoms with van der Waals surface area (Å²) < 4.78 is 43.0. The minimum absolute atomic E-state index is 0. The molecule has 0 aromatic heterocycles. The number of nitrogens with one attached hydrogen (secondary N) is 1. The van der Waals surface area contributed by atoms with Crippen LogP contribution in [0.1, 0.15) is 27.9 Å². The number of carbonyl (C=O) groups is 1. The van der Waals surface area contributed by atoms with Gasteiger partial charge in [-0.25, -0.2) is 13.2 Å². The zero-order valence-corrected chi connectivity index (χ0v) is 21.1. The number of rotatable bonds is 10. The summed E-state index contributed by atoms with van der Waals surface area (Å²) in [7, 11) is 0. The Morgan fingerprint density at radius 3 is 2.30 bits per heavy atom. The Labute approximate surface area is 231 Å². The number of primary amides is 1. The molecule has 2 aromatic rings. The Morgan fingerprint density at radius 2 is 1.79 bits per heavy atom. The van der Waals surface area contributed by atoms with Crippen LogP contribution in [0.25, 0.3) is 5.48 Å². The second kappa shape index (κ2) is 17.0. The largest absolute Gasteiger partial charge is 1.00 e. The van der Waals surface area contributed by atoms with Crippen molar-refractivity contribution in [1.82, 2.24) is 0 Å². The summed E-state index contributed by atoms with van der Waals surface area (Å²) in [5, 5.41) is 26.2. The smallest absolute Gasteiger partial charge is 0.534 e. The van der Waals surface area contributed by atoms with Crippen molar-refractivity contribution in [3.63, 3.8) is 0 Å². The zero-order valence-electron chi connectivity index (χ0n) is 17.9. The molecular weight excluding hydrogens is 470 g/mol. The molecule has 2 aromatic carbocycles. The van der Waals surface area contributed by atoms with E-state index in [2.05, 4.69) is 16.7 Å². The molecule has 0 saturated carbocycles. The molecule has 0 aliphatic heterocycles. The molecule has 0 saturated heterocycles. The van der Waals surface area contributed by atoms with Crippen molar-refractivity contribution < 1.29 is 89.5 Å². The zero-order chi connectivity index (χ0) is 24.1. The second-order valence-electron chi connectivity index (χ2n) is 6.06. The fourth-order valence-electron chi connectivity index (χ4n) is 2.26. The average molecular weight is 494 g/mol. The Balaban J connectivity index is 0.00000189. The third-order valence-electron chi connectivity index (χ3n) is 3.76. The molecule has 174 valence electrons. The van der Waals surface area contributed by atoms with Gasteiger partial charge in [0.1, 0.15) is 5.82 Å². The Hall–Kier alpha value is -1.50. The third kappa shape index (κ3) is 10.1. The summed E-state index contributed by atoms with van der Waals surface area (Å²) in [4.78, 5) is 16.6. The average Bonchev–Trinajstić information content (AvgIpc) is 2.78. The van der Waals surface area contributed by atoms with Gasteiger partial charge in [-0.2, -0.15) is 0 Å². The Morgan fingerprint density at radius 1 is 1.12 bits per heavy atom. The fraction of sp³-hybridized carbons (Fsp3) is 0.286. The van der Waals surface area contributed by atoms with Crippen molar-refractivity contribution in [2.75, 3.05) is 31.7 Å². The van der Waals surface area contributed by atoms with Gasteiger partial charge in [0, 0.05) is 17.7 Å². The number of amides is 1. The molecule has 0 unspecified atom stereocenters. The van der Waals surface area contributed by atoms with E-state index >= 15 is 0 Å². The van der Waals surface area contributed by atoms with E-state index in [0.29, 0.717) is 6.42 Å². The number of carbonyl (C=O) groups excluding carboxylic acids is 1. The van der Waals surface area contributed by atoms with Gasteiger partial charge in [-0.3, -0.25) is 4.79 Å². The van der Waals surface area contributed by atoms with Crippen molar-refractivity contribution in [1.29, 1.82) is 0 Å². The fourth-order valence-corrected chi connectivity index (χ4v) is 2.26. The molecule has 0 bridgehead atoms. The maximum absolute atomic E-state index is 14.6. The summed E-state index contributed by atoms with van der Waals surface area (Å²) in [5.74, 6) is -2.36. The third-order valence-corrected chi connectivity index (χ3v) is 3.76. The molecule has 0 radical (unpaired) electrons. The van der Waals surface area contributed by atoms with Crippen LogP contribution in [-0.4, -0.2) is 47.6 Å². The van der Waals surface area contributed by atoms with E-state index in [1.165, 1.54) is 12.1 Å². The standard InChI is InChI=1S/C19H17F3N3O3.C2H6O2.K/c1-2-11-4-5-15(14(20)8-11)25-18-13(19(23)27)9-12(16(21)17(18)22)10-28-24-6-3-7-26;3-1-2-4;/h1,4-5,8-9,25-26H,3,6-7,10H2,(H2,23,27);3-4H,1-2H2;/q-1;;+1. The number of aliphatic hydroxyl groups is 3. The van der Waals surface area contributed by atoms with Gasteiger partial charge < -0.3 is 36.7 Å². The maximum Gasteiger partial charge on any atom is 1.00 e. The van der Waals surface area contributed by atoms with E-state index in [1.54, 1.807) is 0 Å². The maximum atomic E-state index is 14.6. The first-order chi connectivity index (χ1) is 15.3. The van der Waals surface area contributed by atoms with Crippen molar-refractivity contribution >= 4 is 17.3 Å². The molecular formula is C21H23F3KN3O5. The molecule has 2 rings (SSSR count). The number of hydroxylamine groups is 1. The number of halogens is 3. The van der Waals surface area contributed by atoms with Crippen LogP contribution in [0.15, 0.2) is 24.3 Å². The van der Waals surface area contributed by atoms with Gasteiger partial charge in [-0.1, -0.05) is 5.92 Å². The molecule has 0 atom stereocenters. The van der Waals surface area contributed by atoms with E-state index in [-0.39, 0.29) is 94.6 Å². The van der Waals surface area contributed by atoms with Gasteiger partial charge in [0.15, 0.2) is 11.6 Å². The van der Waals surface area contributed by atoms with E-state index in [4.69, 9.17) is 32.3 Å². The number of nitrogens with two attached hydrogens (primary N) is 1. The number of aliphatic hydroxyl groups excluding tert-OH is 3. The van der Waals surface area contributed by atoms with E-state index in [9.17, 15) is 18.0 Å². The SMILES string of the molecule is C#Cc1ccc(Nc2c(C(N)=O)cc(CO[N-]CCCO)c(F)c2F)c(F)c1.OCCO.[K+]. The topological polar surface area (TPSA) is 139 Å². The van der Waals surface area contributed by atoms with E-state index < -0.39 is 41.2 Å². The van der Waals surface area contributed by atoms with Crippen LogP contribution in [0, 0.1) is 29.8 Å². The molecule has 8 nitrogen and oxygen atoms in total. The quantitative estimate of drug-likeness (QED) is 0.126. The first kappa shape index (κ1) is 31.5. The minimum Gasteiger partial charge on any atom is -0.534 e. The van der Waals surface area contributed by atoms with Gasteiger partial charge in [-0.05, 0) is 30.7 Å². The predicted molar refractivity (Wildman–Crippen MR) is 111 cm³/mol. The van der Waals surface area contributed by atoms with Crippen LogP contribution in [0.2, 0.25) is 0 Å². The first-order valence-corrected chi connectivity index (χ1v) is 9.25. The van der Waals surface area contributed by atoms with E-state index in [1.807, 2.05) is 0 Å². The van der Waals surface area contributed by atoms with Crippen molar-refractivity contribution in [3.8, 4) is 12.3 Å². The molecule has 6 N–H and O–H groups in total. The summed E-state index contributed by atoms with van der Waals surface area (Å²) in [5.41, 5.74) is 7.55. The molecule has 0 aliphatic rings. The van der Waals surface area contributed by atoms with Crippen LogP contribution in [-0.2, 0) is 11.4 Å². The monoisotopic (exact) mass is 493 g/mol. The van der Waals surface area contributed by atoms with Crippen LogP contribution < -0.4 is 62.4 Å². The Kier molecular flexibility index (Phi) is 16.2. The summed E-state index contributed by atoms with van der Waals surface area (Å²) in [6.07, 6.45) is 5.52. The molecule has 0 fully saturated rings. The molecule has 0 aliphatic carbocycles. The normalized spacial score (nSPS) is 9.85. The summed E-state index contributed by atoms with van der Waals surface area (Å²) in [6.45, 7) is -0.642.